The summed E-state index contributed by atoms with van der Waals surface area (Å²) in [6.07, 6.45) is 0. The summed E-state index contributed by atoms with van der Waals surface area (Å²) < 4.78 is 0. The van der Waals surface area contributed by atoms with Gasteiger partial charge in [0.1, 0.15) is 5.75 Å². The van der Waals surface area contributed by atoms with Crippen molar-refractivity contribution < 1.29 is 5.11 Å². The van der Waals surface area contributed by atoms with Gasteiger partial charge in [0, 0.05) is 24.0 Å². The van der Waals surface area contributed by atoms with Crippen LogP contribution in [0.5, 0.6) is 5.75 Å². The molecule has 82 valence electrons. The third-order valence-electron chi connectivity index (χ3n) is 2.78. The van der Waals surface area contributed by atoms with Crippen molar-refractivity contribution in [1.29, 1.82) is 0 Å². The van der Waals surface area contributed by atoms with E-state index in [4.69, 9.17) is 0 Å². The van der Waals surface area contributed by atoms with E-state index >= 15 is 0 Å². The highest BCUT2D eigenvalue weighted by molar-refractivity contribution is 5.67. The van der Waals surface area contributed by atoms with E-state index in [-0.39, 0.29) is 0 Å². The maximum absolute atomic E-state index is 9.67. The van der Waals surface area contributed by atoms with Gasteiger partial charge in [-0.25, -0.2) is 0 Å². The van der Waals surface area contributed by atoms with E-state index < -0.39 is 0 Å². The minimum Gasteiger partial charge on any atom is -0.508 e. The number of rotatable bonds is 2. The molecule has 1 N–H and O–H groups in total. The predicted octanol–water partition coefficient (Wildman–Crippen LogP) is 3.47. The molecule has 16 heavy (non-hydrogen) atoms. The van der Waals surface area contributed by atoms with Crippen LogP contribution >= 0.6 is 0 Å². The topological polar surface area (TPSA) is 23.5 Å². The predicted molar refractivity (Wildman–Crippen MR) is 67.3 cm³/mol. The second-order valence-electron chi connectivity index (χ2n) is 3.82. The lowest BCUT2D eigenvalue weighted by Crippen LogP contribution is -2.10. The Morgan fingerprint density at radius 1 is 0.938 bits per heavy atom. The molecule has 0 amide bonds. The molecule has 2 rings (SSSR count). The number of benzene rings is 2. The van der Waals surface area contributed by atoms with Crippen LogP contribution in [-0.4, -0.2) is 12.2 Å². The zero-order chi connectivity index (χ0) is 11.5. The lowest BCUT2D eigenvalue weighted by Gasteiger charge is -2.21. The van der Waals surface area contributed by atoms with Crippen molar-refractivity contribution in [3.05, 3.63) is 54.1 Å². The summed E-state index contributed by atoms with van der Waals surface area (Å²) in [5, 5.41) is 9.67. The lowest BCUT2D eigenvalue weighted by atomic mass is 10.1. The standard InChI is InChI=1S/C14H15NO/c1-11-13(9-6-10-14(11)16)15(2)12-7-4-3-5-8-12/h3-10,16H,1-2H3. The molecule has 0 aliphatic heterocycles. The Balaban J connectivity index is 2.42. The largest absolute Gasteiger partial charge is 0.508 e. The van der Waals surface area contributed by atoms with E-state index in [0.29, 0.717) is 5.75 Å². The average Bonchev–Trinajstić information content (AvgIpc) is 2.33. The fourth-order valence-corrected chi connectivity index (χ4v) is 1.77. The second kappa shape index (κ2) is 4.27. The summed E-state index contributed by atoms with van der Waals surface area (Å²) in [5.74, 6) is 0.334. The van der Waals surface area contributed by atoms with Gasteiger partial charge in [-0.15, -0.1) is 0 Å². The third kappa shape index (κ3) is 1.87. The van der Waals surface area contributed by atoms with Crippen LogP contribution in [0.1, 0.15) is 5.56 Å². The molecule has 2 aromatic rings. The van der Waals surface area contributed by atoms with Crippen molar-refractivity contribution in [2.75, 3.05) is 11.9 Å². The highest BCUT2D eigenvalue weighted by Gasteiger charge is 2.08. The molecule has 0 saturated carbocycles. The molecule has 2 heteroatoms. The average molecular weight is 213 g/mol. The van der Waals surface area contributed by atoms with E-state index in [1.165, 1.54) is 0 Å². The Morgan fingerprint density at radius 3 is 2.31 bits per heavy atom. The highest BCUT2D eigenvalue weighted by Crippen LogP contribution is 2.30. The van der Waals surface area contributed by atoms with Crippen molar-refractivity contribution in [2.24, 2.45) is 0 Å². The van der Waals surface area contributed by atoms with Crippen molar-refractivity contribution >= 4 is 11.4 Å². The Kier molecular flexibility index (Phi) is 2.82. The summed E-state index contributed by atoms with van der Waals surface area (Å²) >= 11 is 0. The Hall–Kier alpha value is -1.96. The zero-order valence-corrected chi connectivity index (χ0v) is 9.51. The molecule has 0 aromatic heterocycles. The summed E-state index contributed by atoms with van der Waals surface area (Å²) in [7, 11) is 2.00. The molecule has 0 aliphatic rings. The molecule has 0 saturated heterocycles. The Bertz CT molecular complexity index is 479. The number of nitrogens with zero attached hydrogens (tertiary/aromatic N) is 1. The van der Waals surface area contributed by atoms with Crippen LogP contribution in [0, 0.1) is 6.92 Å². The summed E-state index contributed by atoms with van der Waals surface area (Å²) in [6, 6.07) is 15.7. The fourth-order valence-electron chi connectivity index (χ4n) is 1.77. The van der Waals surface area contributed by atoms with Crippen LogP contribution in [0.4, 0.5) is 11.4 Å². The van der Waals surface area contributed by atoms with Crippen molar-refractivity contribution in [3.63, 3.8) is 0 Å². The molecule has 0 spiro atoms. The molecule has 0 heterocycles. The first-order chi connectivity index (χ1) is 7.70. The number of phenols is 1. The molecule has 0 atom stereocenters. The first-order valence-corrected chi connectivity index (χ1v) is 5.27. The summed E-state index contributed by atoms with van der Waals surface area (Å²) in [4.78, 5) is 2.06. The van der Waals surface area contributed by atoms with Crippen LogP contribution in [0.2, 0.25) is 0 Å². The van der Waals surface area contributed by atoms with Crippen LogP contribution in [0.25, 0.3) is 0 Å². The van der Waals surface area contributed by atoms with Gasteiger partial charge in [0.2, 0.25) is 0 Å². The minimum atomic E-state index is 0.334. The van der Waals surface area contributed by atoms with Gasteiger partial charge in [0.25, 0.3) is 0 Å². The number of hydrogen-bond donors (Lipinski definition) is 1. The van der Waals surface area contributed by atoms with Crippen LogP contribution in [0.3, 0.4) is 0 Å². The quantitative estimate of drug-likeness (QED) is 0.825. The van der Waals surface area contributed by atoms with Crippen molar-refractivity contribution in [1.82, 2.24) is 0 Å². The van der Waals surface area contributed by atoms with Gasteiger partial charge in [-0.1, -0.05) is 24.3 Å². The molecule has 2 aromatic carbocycles. The van der Waals surface area contributed by atoms with E-state index in [1.807, 2.05) is 56.4 Å². The number of phenolic OH excluding ortho intramolecular Hbond substituents is 1. The fraction of sp³-hybridized carbons (Fsp3) is 0.143. The minimum absolute atomic E-state index is 0.334. The lowest BCUT2D eigenvalue weighted by molar-refractivity contribution is 0.471. The van der Waals surface area contributed by atoms with E-state index in [2.05, 4.69) is 4.90 Å². The molecule has 0 fully saturated rings. The Morgan fingerprint density at radius 2 is 1.62 bits per heavy atom. The van der Waals surface area contributed by atoms with E-state index in [9.17, 15) is 5.11 Å². The van der Waals surface area contributed by atoms with Crippen molar-refractivity contribution in [3.8, 4) is 5.75 Å². The molecular weight excluding hydrogens is 198 g/mol. The SMILES string of the molecule is Cc1c(O)cccc1N(C)c1ccccc1. The molecule has 0 aliphatic carbocycles. The second-order valence-corrected chi connectivity index (χ2v) is 3.82. The third-order valence-corrected chi connectivity index (χ3v) is 2.78. The van der Waals surface area contributed by atoms with Gasteiger partial charge in [0.15, 0.2) is 0 Å². The highest BCUT2D eigenvalue weighted by atomic mass is 16.3. The normalized spacial score (nSPS) is 10.1. The van der Waals surface area contributed by atoms with Gasteiger partial charge in [0.05, 0.1) is 0 Å². The summed E-state index contributed by atoms with van der Waals surface area (Å²) in [6.45, 7) is 1.92. The smallest absolute Gasteiger partial charge is 0.120 e. The molecule has 0 bridgehead atoms. The summed E-state index contributed by atoms with van der Waals surface area (Å²) in [5.41, 5.74) is 3.02. The number of aromatic hydroxyl groups is 1. The maximum Gasteiger partial charge on any atom is 0.120 e. The van der Waals surface area contributed by atoms with Gasteiger partial charge in [-0.05, 0) is 31.2 Å². The molecular formula is C14H15NO. The Labute approximate surface area is 95.8 Å². The van der Waals surface area contributed by atoms with Crippen LogP contribution < -0.4 is 4.90 Å². The molecule has 0 unspecified atom stereocenters. The van der Waals surface area contributed by atoms with Crippen LogP contribution in [-0.2, 0) is 0 Å². The van der Waals surface area contributed by atoms with E-state index in [0.717, 1.165) is 16.9 Å². The van der Waals surface area contributed by atoms with Gasteiger partial charge in [-0.3, -0.25) is 0 Å². The maximum atomic E-state index is 9.67. The van der Waals surface area contributed by atoms with Crippen LogP contribution in [0.15, 0.2) is 48.5 Å². The first kappa shape index (κ1) is 10.6. The number of hydrogen-bond acceptors (Lipinski definition) is 2. The number of para-hydroxylation sites is 1. The van der Waals surface area contributed by atoms with Gasteiger partial charge < -0.3 is 10.0 Å². The monoisotopic (exact) mass is 213 g/mol. The molecule has 0 radical (unpaired) electrons. The van der Waals surface area contributed by atoms with Gasteiger partial charge in [-0.2, -0.15) is 0 Å². The van der Waals surface area contributed by atoms with Gasteiger partial charge >= 0.3 is 0 Å². The first-order valence-electron chi connectivity index (χ1n) is 5.27. The molecule has 2 nitrogen and oxygen atoms in total. The number of anilines is 2. The van der Waals surface area contributed by atoms with E-state index in [1.54, 1.807) is 6.07 Å². The zero-order valence-electron chi connectivity index (χ0n) is 9.51. The van der Waals surface area contributed by atoms with Crippen molar-refractivity contribution in [2.45, 2.75) is 6.92 Å².